The molecular formula is C22H19BrF3NO7. The molecule has 182 valence electrons. The quantitative estimate of drug-likeness (QED) is 0.409. The van der Waals surface area contributed by atoms with Gasteiger partial charge in [-0.1, -0.05) is 6.07 Å². The molecule has 0 unspecified atom stereocenters. The van der Waals surface area contributed by atoms with Crippen LogP contribution in [0.15, 0.2) is 16.6 Å². The van der Waals surface area contributed by atoms with Crippen molar-refractivity contribution in [2.45, 2.75) is 24.9 Å². The summed E-state index contributed by atoms with van der Waals surface area (Å²) in [5, 5.41) is 0. The number of ether oxygens (including phenoxy) is 6. The van der Waals surface area contributed by atoms with Crippen molar-refractivity contribution in [3.8, 4) is 28.7 Å². The summed E-state index contributed by atoms with van der Waals surface area (Å²) in [6.45, 7) is -0.460. The minimum Gasteiger partial charge on any atom is -0.493 e. The Bertz CT molecular complexity index is 1190. The summed E-state index contributed by atoms with van der Waals surface area (Å²) < 4.78 is 76.2. The average Bonchev–Trinajstić information content (AvgIpc) is 3.43. The molecule has 0 bridgehead atoms. The highest BCUT2D eigenvalue weighted by atomic mass is 79.9. The van der Waals surface area contributed by atoms with Crippen molar-refractivity contribution in [1.82, 2.24) is 4.90 Å². The minimum atomic E-state index is -4.72. The molecule has 8 nitrogen and oxygen atoms in total. The van der Waals surface area contributed by atoms with Gasteiger partial charge in [0.1, 0.15) is 11.7 Å². The average molecular weight is 546 g/mol. The van der Waals surface area contributed by atoms with Crippen molar-refractivity contribution < 1.29 is 46.4 Å². The Balaban J connectivity index is 1.77. The summed E-state index contributed by atoms with van der Waals surface area (Å²) in [5.41, 5.74) is 1.06. The first-order valence-electron chi connectivity index (χ1n) is 10.2. The maximum atomic E-state index is 14.3. The molecule has 2 aromatic carbocycles. The van der Waals surface area contributed by atoms with Gasteiger partial charge in [0.2, 0.25) is 12.5 Å². The third-order valence-electron chi connectivity index (χ3n) is 6.23. The van der Waals surface area contributed by atoms with Gasteiger partial charge >= 0.3 is 12.3 Å². The Morgan fingerprint density at radius 2 is 1.76 bits per heavy atom. The van der Waals surface area contributed by atoms with Gasteiger partial charge in [-0.15, -0.1) is 0 Å². The number of methoxy groups -OCH3 is 3. The fourth-order valence-electron chi connectivity index (χ4n) is 4.87. The lowest BCUT2D eigenvalue weighted by atomic mass is 9.85. The SMILES string of the molecule is COc1ccc2c(c1OC)C(=O)O[C@@H]2[C@H]1c2c(c(Br)c3c(c2OC)OCO3)CCN1C(F)(F)F. The highest BCUT2D eigenvalue weighted by molar-refractivity contribution is 9.10. The van der Waals surface area contributed by atoms with E-state index in [0.29, 0.717) is 20.7 Å². The molecular weight excluding hydrogens is 527 g/mol. The van der Waals surface area contributed by atoms with E-state index in [0.717, 1.165) is 0 Å². The van der Waals surface area contributed by atoms with Crippen LogP contribution in [0.2, 0.25) is 0 Å². The lowest BCUT2D eigenvalue weighted by Crippen LogP contribution is -2.47. The van der Waals surface area contributed by atoms with Crippen LogP contribution in [0.5, 0.6) is 28.7 Å². The summed E-state index contributed by atoms with van der Waals surface area (Å²) >= 11 is 3.47. The first kappa shape index (κ1) is 22.9. The number of rotatable bonds is 4. The monoisotopic (exact) mass is 545 g/mol. The van der Waals surface area contributed by atoms with Crippen LogP contribution in [-0.4, -0.2) is 51.8 Å². The predicted molar refractivity (Wildman–Crippen MR) is 114 cm³/mol. The summed E-state index contributed by atoms with van der Waals surface area (Å²) in [6, 6.07) is 1.60. The standard InChI is InChI=1S/C22H19BrF3NO7/c1-29-11-5-4-10-13(17(11)30-2)21(28)34-16(10)15-12-9(6-7-27(15)22(24,25)26)14(23)19-20(18(12)31-3)33-8-32-19/h4-5,15-16H,6-8H2,1-3H3/t15-,16+/m1/s1. The largest absolute Gasteiger partial charge is 0.493 e. The van der Waals surface area contributed by atoms with E-state index in [1.54, 1.807) is 0 Å². The molecule has 0 aliphatic carbocycles. The Morgan fingerprint density at radius 3 is 2.41 bits per heavy atom. The molecule has 3 aliphatic heterocycles. The van der Waals surface area contributed by atoms with Gasteiger partial charge in [-0.2, -0.15) is 13.2 Å². The van der Waals surface area contributed by atoms with E-state index >= 15 is 0 Å². The van der Waals surface area contributed by atoms with Crippen LogP contribution in [0, 0.1) is 0 Å². The summed E-state index contributed by atoms with van der Waals surface area (Å²) in [5.74, 6) is 0.225. The summed E-state index contributed by atoms with van der Waals surface area (Å²) in [7, 11) is 4.09. The molecule has 0 saturated heterocycles. The van der Waals surface area contributed by atoms with E-state index in [1.807, 2.05) is 0 Å². The highest BCUT2D eigenvalue weighted by Gasteiger charge is 2.54. The lowest BCUT2D eigenvalue weighted by Gasteiger charge is -2.41. The van der Waals surface area contributed by atoms with Gasteiger partial charge in [0.25, 0.3) is 0 Å². The van der Waals surface area contributed by atoms with E-state index in [1.165, 1.54) is 33.5 Å². The van der Waals surface area contributed by atoms with E-state index < -0.39 is 24.4 Å². The molecule has 3 aliphatic rings. The Labute approximate surface area is 200 Å². The third-order valence-corrected chi connectivity index (χ3v) is 7.07. The van der Waals surface area contributed by atoms with Crippen LogP contribution >= 0.6 is 15.9 Å². The zero-order valence-electron chi connectivity index (χ0n) is 18.2. The molecule has 5 rings (SSSR count). The molecule has 2 atom stereocenters. The van der Waals surface area contributed by atoms with Gasteiger partial charge in [-0.3, -0.25) is 0 Å². The molecule has 34 heavy (non-hydrogen) atoms. The maximum absolute atomic E-state index is 14.3. The van der Waals surface area contributed by atoms with E-state index in [4.69, 9.17) is 28.4 Å². The number of nitrogens with zero attached hydrogens (tertiary/aromatic N) is 1. The fraction of sp³-hybridized carbons (Fsp3) is 0.409. The van der Waals surface area contributed by atoms with Crippen molar-refractivity contribution in [3.05, 3.63) is 38.9 Å². The number of cyclic esters (lactones) is 1. The number of carbonyl (C=O) groups excluding carboxylic acids is 1. The smallest absolute Gasteiger partial charge is 0.460 e. The van der Waals surface area contributed by atoms with Crippen molar-refractivity contribution in [2.75, 3.05) is 34.7 Å². The van der Waals surface area contributed by atoms with Crippen LogP contribution in [0.3, 0.4) is 0 Å². The second-order valence-electron chi connectivity index (χ2n) is 7.75. The van der Waals surface area contributed by atoms with Crippen LogP contribution in [0.25, 0.3) is 0 Å². The first-order chi connectivity index (χ1) is 16.2. The minimum absolute atomic E-state index is 0.0277. The van der Waals surface area contributed by atoms with Crippen molar-refractivity contribution in [2.24, 2.45) is 0 Å². The molecule has 2 aromatic rings. The highest BCUT2D eigenvalue weighted by Crippen LogP contribution is 2.59. The van der Waals surface area contributed by atoms with Gasteiger partial charge in [0, 0.05) is 17.7 Å². The molecule has 0 saturated carbocycles. The number of esters is 1. The van der Waals surface area contributed by atoms with Crippen LogP contribution in [0.1, 0.15) is 39.2 Å². The van der Waals surface area contributed by atoms with E-state index in [-0.39, 0.29) is 59.4 Å². The molecule has 0 fully saturated rings. The molecule has 3 heterocycles. The zero-order chi connectivity index (χ0) is 24.4. The second-order valence-corrected chi connectivity index (χ2v) is 8.54. The van der Waals surface area contributed by atoms with Crippen molar-refractivity contribution >= 4 is 21.9 Å². The number of fused-ring (bicyclic) bond motifs is 3. The Morgan fingerprint density at radius 1 is 1.06 bits per heavy atom. The van der Waals surface area contributed by atoms with E-state index in [2.05, 4.69) is 15.9 Å². The van der Waals surface area contributed by atoms with Gasteiger partial charge in [-0.05, 0) is 34.0 Å². The van der Waals surface area contributed by atoms with E-state index in [9.17, 15) is 18.0 Å². The van der Waals surface area contributed by atoms with Crippen molar-refractivity contribution in [1.29, 1.82) is 0 Å². The number of hydrogen-bond donors (Lipinski definition) is 0. The van der Waals surface area contributed by atoms with Gasteiger partial charge in [-0.25, -0.2) is 9.69 Å². The Kier molecular flexibility index (Phi) is 5.47. The van der Waals surface area contributed by atoms with Crippen LogP contribution in [0.4, 0.5) is 13.2 Å². The second kappa shape index (κ2) is 8.12. The molecule has 0 aromatic heterocycles. The van der Waals surface area contributed by atoms with Crippen LogP contribution < -0.4 is 23.7 Å². The number of halogens is 4. The number of carbonyl (C=O) groups is 1. The zero-order valence-corrected chi connectivity index (χ0v) is 19.8. The fourth-order valence-corrected chi connectivity index (χ4v) is 5.58. The first-order valence-corrected chi connectivity index (χ1v) is 11.0. The molecule has 0 amide bonds. The normalized spacial score (nSPS) is 21.1. The molecule has 0 spiro atoms. The molecule has 12 heteroatoms. The van der Waals surface area contributed by atoms with Crippen molar-refractivity contribution in [3.63, 3.8) is 0 Å². The van der Waals surface area contributed by atoms with Crippen LogP contribution in [-0.2, 0) is 11.2 Å². The Hall–Kier alpha value is -2.86. The summed E-state index contributed by atoms with van der Waals surface area (Å²) in [6.07, 6.45) is -5.97. The molecule has 0 radical (unpaired) electrons. The topological polar surface area (TPSA) is 75.7 Å². The van der Waals surface area contributed by atoms with Gasteiger partial charge in [0.15, 0.2) is 23.0 Å². The number of hydrogen-bond acceptors (Lipinski definition) is 8. The van der Waals surface area contributed by atoms with Gasteiger partial charge in [0.05, 0.1) is 31.8 Å². The van der Waals surface area contributed by atoms with Gasteiger partial charge < -0.3 is 28.4 Å². The number of benzene rings is 2. The summed E-state index contributed by atoms with van der Waals surface area (Å²) in [4.78, 5) is 13.3. The third kappa shape index (κ3) is 3.18. The number of alkyl halides is 3. The molecule has 0 N–H and O–H groups in total. The lowest BCUT2D eigenvalue weighted by molar-refractivity contribution is -0.270. The predicted octanol–water partition coefficient (Wildman–Crippen LogP) is 4.53. The maximum Gasteiger partial charge on any atom is 0.460 e.